The molecule has 0 aliphatic rings. The maximum absolute atomic E-state index is 11.9. The van der Waals surface area contributed by atoms with Gasteiger partial charge in [0.25, 0.3) is 0 Å². The van der Waals surface area contributed by atoms with Gasteiger partial charge in [0.15, 0.2) is 0 Å². The molecule has 0 atom stereocenters. The monoisotopic (exact) mass is 307 g/mol. The highest BCUT2D eigenvalue weighted by Gasteiger charge is 2.06. The predicted octanol–water partition coefficient (Wildman–Crippen LogP) is 1.20. The Hall–Kier alpha value is -1.43. The average Bonchev–Trinajstić information content (AvgIpc) is 2.50. The van der Waals surface area contributed by atoms with Crippen LogP contribution < -0.4 is 5.32 Å². The van der Waals surface area contributed by atoms with Gasteiger partial charge in [0.1, 0.15) is 0 Å². The van der Waals surface area contributed by atoms with E-state index >= 15 is 0 Å². The molecule has 124 valence electrons. The lowest BCUT2D eigenvalue weighted by atomic mass is 10.2. The fourth-order valence-corrected chi connectivity index (χ4v) is 2.19. The molecule has 0 heterocycles. The van der Waals surface area contributed by atoms with Crippen molar-refractivity contribution in [3.05, 3.63) is 35.9 Å². The molecule has 1 amide bonds. The van der Waals surface area contributed by atoms with Gasteiger partial charge in [-0.2, -0.15) is 0 Å². The lowest BCUT2D eigenvalue weighted by Gasteiger charge is -2.18. The third-order valence-corrected chi connectivity index (χ3v) is 3.42. The zero-order valence-corrected chi connectivity index (χ0v) is 14.0. The summed E-state index contributed by atoms with van der Waals surface area (Å²) < 4.78 is 5.03. The van der Waals surface area contributed by atoms with Gasteiger partial charge in [-0.05, 0) is 32.6 Å². The molecule has 22 heavy (non-hydrogen) atoms. The number of carbonyl (C=O) groups excluding carboxylic acids is 1. The van der Waals surface area contributed by atoms with Crippen LogP contribution in [0, 0.1) is 0 Å². The smallest absolute Gasteiger partial charge is 0.234 e. The summed E-state index contributed by atoms with van der Waals surface area (Å²) in [5.74, 6) is 0.0815. The Labute approximate surface area is 134 Å². The van der Waals surface area contributed by atoms with E-state index in [-0.39, 0.29) is 5.91 Å². The second kappa shape index (κ2) is 11.2. The van der Waals surface area contributed by atoms with Crippen molar-refractivity contribution >= 4 is 5.91 Å². The fraction of sp³-hybridized carbons (Fsp3) is 0.588. The first-order valence-corrected chi connectivity index (χ1v) is 7.78. The standard InChI is InChI=1S/C17H29N3O2/c1-19(12-13-22-3)11-7-10-18-17(21)15-20(2)14-16-8-5-4-6-9-16/h4-6,8-9H,7,10-15H2,1-3H3,(H,18,21). The molecule has 5 heteroatoms. The topological polar surface area (TPSA) is 44.8 Å². The number of nitrogens with one attached hydrogen (secondary N) is 1. The molecule has 0 aliphatic heterocycles. The van der Waals surface area contributed by atoms with Crippen LogP contribution in [0.25, 0.3) is 0 Å². The second-order valence-corrected chi connectivity index (χ2v) is 5.66. The molecule has 0 bridgehead atoms. The number of ether oxygens (including phenoxy) is 1. The Morgan fingerprint density at radius 3 is 2.55 bits per heavy atom. The van der Waals surface area contributed by atoms with E-state index in [9.17, 15) is 4.79 Å². The van der Waals surface area contributed by atoms with Crippen LogP contribution in [-0.2, 0) is 16.1 Å². The molecule has 0 radical (unpaired) electrons. The fourth-order valence-electron chi connectivity index (χ4n) is 2.19. The molecule has 0 saturated heterocycles. The van der Waals surface area contributed by atoms with Gasteiger partial charge in [0, 0.05) is 26.7 Å². The lowest BCUT2D eigenvalue weighted by molar-refractivity contribution is -0.122. The summed E-state index contributed by atoms with van der Waals surface area (Å²) >= 11 is 0. The van der Waals surface area contributed by atoms with E-state index in [2.05, 4.69) is 29.4 Å². The van der Waals surface area contributed by atoms with Crippen molar-refractivity contribution in [2.75, 3.05) is 54.0 Å². The number of benzene rings is 1. The minimum Gasteiger partial charge on any atom is -0.383 e. The second-order valence-electron chi connectivity index (χ2n) is 5.66. The zero-order chi connectivity index (χ0) is 16.2. The summed E-state index contributed by atoms with van der Waals surface area (Å²) in [5, 5.41) is 2.97. The molecule has 1 aromatic rings. The Morgan fingerprint density at radius 1 is 1.14 bits per heavy atom. The number of likely N-dealkylation sites (N-methyl/N-ethyl adjacent to an activating group) is 2. The van der Waals surface area contributed by atoms with Crippen LogP contribution >= 0.6 is 0 Å². The van der Waals surface area contributed by atoms with E-state index in [0.29, 0.717) is 6.54 Å². The third kappa shape index (κ3) is 8.77. The minimum atomic E-state index is 0.0815. The molecule has 1 aromatic carbocycles. The predicted molar refractivity (Wildman–Crippen MR) is 89.8 cm³/mol. The quantitative estimate of drug-likeness (QED) is 0.624. The van der Waals surface area contributed by atoms with Crippen molar-refractivity contribution in [2.24, 2.45) is 0 Å². The van der Waals surface area contributed by atoms with E-state index in [1.807, 2.05) is 30.1 Å². The summed E-state index contributed by atoms with van der Waals surface area (Å²) in [6.45, 7) is 4.55. The summed E-state index contributed by atoms with van der Waals surface area (Å²) in [4.78, 5) is 16.1. The Morgan fingerprint density at radius 2 is 1.86 bits per heavy atom. The van der Waals surface area contributed by atoms with Crippen molar-refractivity contribution in [1.29, 1.82) is 0 Å². The van der Waals surface area contributed by atoms with Crippen molar-refractivity contribution in [1.82, 2.24) is 15.1 Å². The lowest BCUT2D eigenvalue weighted by Crippen LogP contribution is -2.36. The third-order valence-electron chi connectivity index (χ3n) is 3.42. The Kier molecular flexibility index (Phi) is 9.46. The molecule has 0 saturated carbocycles. The van der Waals surface area contributed by atoms with Crippen molar-refractivity contribution in [3.63, 3.8) is 0 Å². The Bertz CT molecular complexity index is 412. The zero-order valence-electron chi connectivity index (χ0n) is 14.0. The first kappa shape index (κ1) is 18.6. The van der Waals surface area contributed by atoms with E-state index < -0.39 is 0 Å². The van der Waals surface area contributed by atoms with E-state index in [4.69, 9.17) is 4.74 Å². The normalized spacial score (nSPS) is 11.1. The molecular weight excluding hydrogens is 278 g/mol. The minimum absolute atomic E-state index is 0.0815. The van der Waals surface area contributed by atoms with Gasteiger partial charge in [-0.1, -0.05) is 30.3 Å². The summed E-state index contributed by atoms with van der Waals surface area (Å²) in [7, 11) is 5.74. The number of methoxy groups -OCH3 is 1. The van der Waals surface area contributed by atoms with Crippen LogP contribution in [0.15, 0.2) is 30.3 Å². The van der Waals surface area contributed by atoms with E-state index in [1.54, 1.807) is 7.11 Å². The number of hydrogen-bond donors (Lipinski definition) is 1. The van der Waals surface area contributed by atoms with Crippen LogP contribution in [0.1, 0.15) is 12.0 Å². The number of rotatable bonds is 11. The highest BCUT2D eigenvalue weighted by Crippen LogP contribution is 2.01. The molecule has 0 aliphatic carbocycles. The molecule has 0 unspecified atom stereocenters. The highest BCUT2D eigenvalue weighted by molar-refractivity contribution is 5.77. The van der Waals surface area contributed by atoms with E-state index in [0.717, 1.165) is 39.2 Å². The summed E-state index contributed by atoms with van der Waals surface area (Å²) in [5.41, 5.74) is 1.22. The number of hydrogen-bond acceptors (Lipinski definition) is 4. The largest absolute Gasteiger partial charge is 0.383 e. The van der Waals surface area contributed by atoms with Gasteiger partial charge in [0.05, 0.1) is 13.2 Å². The number of nitrogens with zero attached hydrogens (tertiary/aromatic N) is 2. The highest BCUT2D eigenvalue weighted by atomic mass is 16.5. The van der Waals surface area contributed by atoms with Crippen molar-refractivity contribution in [2.45, 2.75) is 13.0 Å². The van der Waals surface area contributed by atoms with Gasteiger partial charge in [0.2, 0.25) is 5.91 Å². The van der Waals surface area contributed by atoms with Crippen molar-refractivity contribution < 1.29 is 9.53 Å². The molecule has 0 fully saturated rings. The maximum atomic E-state index is 11.9. The van der Waals surface area contributed by atoms with Crippen molar-refractivity contribution in [3.8, 4) is 0 Å². The van der Waals surface area contributed by atoms with Gasteiger partial charge in [-0.15, -0.1) is 0 Å². The van der Waals surface area contributed by atoms with Gasteiger partial charge >= 0.3 is 0 Å². The van der Waals surface area contributed by atoms with Crippen LogP contribution in [-0.4, -0.2) is 69.7 Å². The summed E-state index contributed by atoms with van der Waals surface area (Å²) in [6.07, 6.45) is 0.953. The number of amides is 1. The maximum Gasteiger partial charge on any atom is 0.234 e. The van der Waals surface area contributed by atoms with Gasteiger partial charge < -0.3 is 15.0 Å². The molecule has 5 nitrogen and oxygen atoms in total. The number of carbonyl (C=O) groups is 1. The van der Waals surface area contributed by atoms with E-state index in [1.165, 1.54) is 5.56 Å². The van der Waals surface area contributed by atoms with Crippen LogP contribution in [0.3, 0.4) is 0 Å². The first-order valence-electron chi connectivity index (χ1n) is 7.78. The average molecular weight is 307 g/mol. The molecule has 1 rings (SSSR count). The van der Waals surface area contributed by atoms with Crippen LogP contribution in [0.4, 0.5) is 0 Å². The summed E-state index contributed by atoms with van der Waals surface area (Å²) in [6, 6.07) is 10.2. The Balaban J connectivity index is 2.10. The molecule has 0 aromatic heterocycles. The SMILES string of the molecule is COCCN(C)CCCNC(=O)CN(C)Cc1ccccc1. The molecule has 0 spiro atoms. The van der Waals surface area contributed by atoms with Crippen LogP contribution in [0.2, 0.25) is 0 Å². The molecular formula is C17H29N3O2. The van der Waals surface area contributed by atoms with Gasteiger partial charge in [-0.25, -0.2) is 0 Å². The molecule has 1 N–H and O–H groups in total. The first-order chi connectivity index (χ1) is 10.6. The van der Waals surface area contributed by atoms with Gasteiger partial charge in [-0.3, -0.25) is 9.69 Å². The van der Waals surface area contributed by atoms with Crippen LogP contribution in [0.5, 0.6) is 0 Å².